The molecule has 40 valence electrons. The van der Waals surface area contributed by atoms with Crippen LogP contribution in [0.25, 0.3) is 0 Å². The van der Waals surface area contributed by atoms with Crippen molar-refractivity contribution in [3.63, 3.8) is 0 Å². The molecule has 1 aliphatic heterocycles. The molecule has 4 heteroatoms. The first-order chi connectivity index (χ1) is 2.89. The standard InChI is InChI=1S/C3H5N3.HI/c4-3-5-1-2-6-3;/h1H,2H2,(H2,4,6);1H. The summed E-state index contributed by atoms with van der Waals surface area (Å²) in [6.45, 7) is 0.659. The zero-order chi connectivity index (χ0) is 4.41. The van der Waals surface area contributed by atoms with Gasteiger partial charge in [-0.2, -0.15) is 0 Å². The van der Waals surface area contributed by atoms with Crippen molar-refractivity contribution in [1.29, 1.82) is 0 Å². The number of halogens is 1. The molecular formula is C3H6IN3. The largest absolute Gasteiger partial charge is 0.368 e. The molecule has 7 heavy (non-hydrogen) atoms. The molecule has 0 radical (unpaired) electrons. The lowest BCUT2D eigenvalue weighted by Gasteiger charge is -1.73. The van der Waals surface area contributed by atoms with E-state index in [4.69, 9.17) is 5.73 Å². The van der Waals surface area contributed by atoms with Crippen molar-refractivity contribution in [2.24, 2.45) is 15.7 Å². The van der Waals surface area contributed by atoms with E-state index in [1.807, 2.05) is 0 Å². The summed E-state index contributed by atoms with van der Waals surface area (Å²) >= 11 is 0. The number of hydrogen-bond donors (Lipinski definition) is 1. The molecule has 0 fully saturated rings. The first-order valence-electron chi connectivity index (χ1n) is 1.72. The molecule has 1 aliphatic rings. The van der Waals surface area contributed by atoms with Crippen molar-refractivity contribution < 1.29 is 0 Å². The molecule has 0 bridgehead atoms. The van der Waals surface area contributed by atoms with E-state index in [-0.39, 0.29) is 24.0 Å². The van der Waals surface area contributed by atoms with Crippen LogP contribution in [0.4, 0.5) is 0 Å². The van der Waals surface area contributed by atoms with Crippen molar-refractivity contribution in [2.45, 2.75) is 0 Å². The summed E-state index contributed by atoms with van der Waals surface area (Å²) in [5.41, 5.74) is 5.09. The van der Waals surface area contributed by atoms with E-state index in [0.29, 0.717) is 12.5 Å². The Morgan fingerprint density at radius 3 is 2.57 bits per heavy atom. The lowest BCUT2D eigenvalue weighted by molar-refractivity contribution is 1.34. The Labute approximate surface area is 58.7 Å². The highest BCUT2D eigenvalue weighted by Gasteiger charge is 1.87. The van der Waals surface area contributed by atoms with Gasteiger partial charge in [-0.05, 0) is 0 Å². The predicted octanol–water partition coefficient (Wildman–Crippen LogP) is 0.00350. The van der Waals surface area contributed by atoms with Gasteiger partial charge in [-0.25, -0.2) is 9.98 Å². The third-order valence-electron chi connectivity index (χ3n) is 0.558. The Kier molecular flexibility index (Phi) is 2.89. The van der Waals surface area contributed by atoms with Crippen LogP contribution in [0.2, 0.25) is 0 Å². The second-order valence-corrected chi connectivity index (χ2v) is 1.01. The molecule has 0 aromatic heterocycles. The van der Waals surface area contributed by atoms with E-state index in [9.17, 15) is 0 Å². The lowest BCUT2D eigenvalue weighted by Crippen LogP contribution is -2.03. The van der Waals surface area contributed by atoms with Gasteiger partial charge in [0.2, 0.25) is 5.96 Å². The number of guanidine groups is 1. The maximum Gasteiger partial charge on any atom is 0.215 e. The molecule has 0 spiro atoms. The monoisotopic (exact) mass is 211 g/mol. The number of nitrogens with zero attached hydrogens (tertiary/aromatic N) is 2. The highest BCUT2D eigenvalue weighted by Crippen LogP contribution is 1.78. The highest BCUT2D eigenvalue weighted by atomic mass is 127. The first-order valence-corrected chi connectivity index (χ1v) is 1.72. The SMILES string of the molecule is I.NC1=NCC=N1. The molecule has 0 saturated heterocycles. The van der Waals surface area contributed by atoms with Gasteiger partial charge in [0.25, 0.3) is 0 Å². The second kappa shape index (κ2) is 2.95. The predicted molar refractivity (Wildman–Crippen MR) is 40.4 cm³/mol. The Balaban J connectivity index is 0.000000360. The smallest absolute Gasteiger partial charge is 0.215 e. The molecule has 1 heterocycles. The van der Waals surface area contributed by atoms with Gasteiger partial charge in [0.15, 0.2) is 0 Å². The van der Waals surface area contributed by atoms with Crippen LogP contribution in [0.1, 0.15) is 0 Å². The van der Waals surface area contributed by atoms with Gasteiger partial charge in [0.1, 0.15) is 0 Å². The van der Waals surface area contributed by atoms with Crippen LogP contribution in [-0.2, 0) is 0 Å². The van der Waals surface area contributed by atoms with E-state index >= 15 is 0 Å². The third kappa shape index (κ3) is 1.86. The molecule has 1 rings (SSSR count). The van der Waals surface area contributed by atoms with Gasteiger partial charge in [-0.3, -0.25) is 0 Å². The molecule has 0 aromatic rings. The molecular weight excluding hydrogens is 205 g/mol. The van der Waals surface area contributed by atoms with Crippen molar-refractivity contribution >= 4 is 36.2 Å². The summed E-state index contributed by atoms with van der Waals surface area (Å²) in [5, 5.41) is 0. The van der Waals surface area contributed by atoms with Gasteiger partial charge >= 0.3 is 0 Å². The van der Waals surface area contributed by atoms with Crippen LogP contribution in [0.15, 0.2) is 9.98 Å². The number of nitrogens with two attached hydrogens (primary N) is 1. The fourth-order valence-corrected chi connectivity index (χ4v) is 0.310. The molecule has 0 unspecified atom stereocenters. The van der Waals surface area contributed by atoms with Crippen LogP contribution in [0.5, 0.6) is 0 Å². The molecule has 0 amide bonds. The summed E-state index contributed by atoms with van der Waals surface area (Å²) in [6.07, 6.45) is 1.68. The fourth-order valence-electron chi connectivity index (χ4n) is 0.310. The Morgan fingerprint density at radius 2 is 2.43 bits per heavy atom. The minimum Gasteiger partial charge on any atom is -0.368 e. The highest BCUT2D eigenvalue weighted by molar-refractivity contribution is 14.0. The molecule has 0 saturated carbocycles. The van der Waals surface area contributed by atoms with E-state index in [0.717, 1.165) is 0 Å². The molecule has 3 nitrogen and oxygen atoms in total. The summed E-state index contributed by atoms with van der Waals surface area (Å²) in [5.74, 6) is 0.398. The third-order valence-corrected chi connectivity index (χ3v) is 0.558. The zero-order valence-electron chi connectivity index (χ0n) is 3.66. The average Bonchev–Trinajstić information content (AvgIpc) is 1.86. The maximum absolute atomic E-state index is 5.09. The van der Waals surface area contributed by atoms with Crippen molar-refractivity contribution in [2.75, 3.05) is 6.54 Å². The fraction of sp³-hybridized carbons (Fsp3) is 0.333. The Bertz CT molecular complexity index is 104. The first kappa shape index (κ1) is 6.87. The van der Waals surface area contributed by atoms with E-state index in [1.165, 1.54) is 0 Å². The van der Waals surface area contributed by atoms with Crippen molar-refractivity contribution in [1.82, 2.24) is 0 Å². The number of rotatable bonds is 0. The van der Waals surface area contributed by atoms with Crippen LogP contribution < -0.4 is 5.73 Å². The van der Waals surface area contributed by atoms with Crippen LogP contribution in [0.3, 0.4) is 0 Å². The molecule has 0 aliphatic carbocycles. The van der Waals surface area contributed by atoms with Crippen LogP contribution in [0, 0.1) is 0 Å². The van der Waals surface area contributed by atoms with Crippen molar-refractivity contribution in [3.05, 3.63) is 0 Å². The maximum atomic E-state index is 5.09. The van der Waals surface area contributed by atoms with Crippen LogP contribution >= 0.6 is 24.0 Å². The van der Waals surface area contributed by atoms with Gasteiger partial charge in [0.05, 0.1) is 6.54 Å². The van der Waals surface area contributed by atoms with Gasteiger partial charge in [0, 0.05) is 6.21 Å². The summed E-state index contributed by atoms with van der Waals surface area (Å²) in [6, 6.07) is 0. The van der Waals surface area contributed by atoms with E-state index < -0.39 is 0 Å². The normalized spacial score (nSPS) is 15.7. The lowest BCUT2D eigenvalue weighted by atomic mass is 10.8. The molecule has 0 atom stereocenters. The van der Waals surface area contributed by atoms with Crippen molar-refractivity contribution in [3.8, 4) is 0 Å². The molecule has 2 N–H and O–H groups in total. The summed E-state index contributed by atoms with van der Waals surface area (Å²) in [4.78, 5) is 7.35. The number of aliphatic imine (C=N–C) groups is 2. The summed E-state index contributed by atoms with van der Waals surface area (Å²) in [7, 11) is 0. The van der Waals surface area contributed by atoms with E-state index in [1.54, 1.807) is 6.21 Å². The van der Waals surface area contributed by atoms with Gasteiger partial charge in [-0.1, -0.05) is 0 Å². The second-order valence-electron chi connectivity index (χ2n) is 1.01. The zero-order valence-corrected chi connectivity index (χ0v) is 5.99. The molecule has 0 aromatic carbocycles. The minimum atomic E-state index is 0. The van der Waals surface area contributed by atoms with Gasteiger partial charge in [-0.15, -0.1) is 24.0 Å². The Morgan fingerprint density at radius 1 is 1.71 bits per heavy atom. The van der Waals surface area contributed by atoms with Gasteiger partial charge < -0.3 is 5.73 Å². The summed E-state index contributed by atoms with van der Waals surface area (Å²) < 4.78 is 0. The van der Waals surface area contributed by atoms with E-state index in [2.05, 4.69) is 9.98 Å². The average molecular weight is 211 g/mol. The quantitative estimate of drug-likeness (QED) is 0.563. The topological polar surface area (TPSA) is 50.7 Å². The number of hydrogen-bond acceptors (Lipinski definition) is 3. The van der Waals surface area contributed by atoms with Crippen LogP contribution in [-0.4, -0.2) is 18.7 Å². The minimum absolute atomic E-state index is 0. The Hall–Kier alpha value is -0.130.